The van der Waals surface area contributed by atoms with Crippen LogP contribution in [0, 0.1) is 11.8 Å². The van der Waals surface area contributed by atoms with Crippen LogP contribution in [0.2, 0.25) is 0 Å². The second kappa shape index (κ2) is 3.17. The maximum Gasteiger partial charge on any atom is 0.0935 e. The minimum absolute atomic E-state index is 0.0388. The summed E-state index contributed by atoms with van der Waals surface area (Å²) in [5, 5.41) is 0. The molecule has 2 aliphatic carbocycles. The van der Waals surface area contributed by atoms with Gasteiger partial charge in [-0.2, -0.15) is 0 Å². The van der Waals surface area contributed by atoms with Crippen molar-refractivity contribution in [2.45, 2.75) is 51.7 Å². The number of hydrogen-bond acceptors (Lipinski definition) is 3. The van der Waals surface area contributed by atoms with Crippen molar-refractivity contribution in [2.75, 3.05) is 0 Å². The highest BCUT2D eigenvalue weighted by Gasteiger charge is 2.51. The summed E-state index contributed by atoms with van der Waals surface area (Å²) >= 11 is 0. The molecule has 2 aliphatic rings. The van der Waals surface area contributed by atoms with E-state index in [1.165, 1.54) is 0 Å². The fraction of sp³-hybridized carbons (Fsp3) is 1.00. The lowest BCUT2D eigenvalue weighted by atomic mass is 10.3. The largest absolute Gasteiger partial charge is 0.277 e. The molecular formula is C10H19N2O2. The topological polar surface area (TPSA) is 44.6 Å². The molecule has 0 aliphatic heterocycles. The van der Waals surface area contributed by atoms with Gasteiger partial charge < -0.3 is 0 Å². The smallest absolute Gasteiger partial charge is 0.0935 e. The van der Waals surface area contributed by atoms with Crippen molar-refractivity contribution < 1.29 is 9.68 Å². The van der Waals surface area contributed by atoms with Crippen LogP contribution in [-0.2, 0) is 9.68 Å². The zero-order chi connectivity index (χ0) is 10.4. The van der Waals surface area contributed by atoms with Gasteiger partial charge in [0.05, 0.1) is 11.2 Å². The molecule has 2 saturated carbocycles. The van der Waals surface area contributed by atoms with E-state index in [-0.39, 0.29) is 11.2 Å². The highest BCUT2D eigenvalue weighted by molar-refractivity contribution is 4.98. The highest BCUT2D eigenvalue weighted by Crippen LogP contribution is 2.46. The number of nitrogens with zero attached hydrogens (tertiary/aromatic N) is 1. The fourth-order valence-electron chi connectivity index (χ4n) is 1.61. The minimum atomic E-state index is -0.0631. The molecule has 4 atom stereocenters. The average Bonchev–Trinajstić information content (AvgIpc) is 2.88. The van der Waals surface area contributed by atoms with Gasteiger partial charge in [0.15, 0.2) is 0 Å². The summed E-state index contributed by atoms with van der Waals surface area (Å²) in [6.45, 7) is 8.44. The summed E-state index contributed by atoms with van der Waals surface area (Å²) < 4.78 is 0. The van der Waals surface area contributed by atoms with E-state index in [9.17, 15) is 0 Å². The van der Waals surface area contributed by atoms with Crippen molar-refractivity contribution >= 4 is 0 Å². The van der Waals surface area contributed by atoms with Crippen LogP contribution in [0.5, 0.6) is 0 Å². The lowest BCUT2D eigenvalue weighted by Gasteiger charge is -2.14. The summed E-state index contributed by atoms with van der Waals surface area (Å²) in [4.78, 5) is 10.7. The Morgan fingerprint density at radius 1 is 1.14 bits per heavy atom. The maximum absolute atomic E-state index is 5.37. The molecule has 14 heavy (non-hydrogen) atoms. The summed E-state index contributed by atoms with van der Waals surface area (Å²) in [6, 6.07) is 0. The number of nitrogens with one attached hydrogen (secondary N) is 1. The third kappa shape index (κ3) is 1.93. The first-order valence-electron chi connectivity index (χ1n) is 5.27. The molecule has 0 bridgehead atoms. The second-order valence-corrected chi connectivity index (χ2v) is 5.21. The normalized spacial score (nSPS) is 50.6. The third-order valence-corrected chi connectivity index (χ3v) is 3.76. The predicted octanol–water partition coefficient (Wildman–Crippen LogP) is 1.56. The van der Waals surface area contributed by atoms with E-state index in [2.05, 4.69) is 38.9 Å². The Hall–Kier alpha value is -0.160. The summed E-state index contributed by atoms with van der Waals surface area (Å²) in [7, 11) is 0. The van der Waals surface area contributed by atoms with Crippen LogP contribution in [0.4, 0.5) is 0 Å². The van der Waals surface area contributed by atoms with E-state index in [1.54, 1.807) is 0 Å². The predicted molar refractivity (Wildman–Crippen MR) is 51.8 cm³/mol. The highest BCUT2D eigenvalue weighted by atomic mass is 16.8. The van der Waals surface area contributed by atoms with Crippen molar-refractivity contribution in [3.63, 3.8) is 0 Å². The van der Waals surface area contributed by atoms with Crippen molar-refractivity contribution in [1.29, 1.82) is 0 Å². The van der Waals surface area contributed by atoms with Gasteiger partial charge in [-0.15, -0.1) is 0 Å². The first kappa shape index (κ1) is 10.4. The Morgan fingerprint density at radius 3 is 2.07 bits per heavy atom. The molecule has 0 aromatic rings. The van der Waals surface area contributed by atoms with Gasteiger partial charge >= 0.3 is 0 Å². The van der Waals surface area contributed by atoms with E-state index in [4.69, 9.17) is 9.68 Å². The Morgan fingerprint density at radius 2 is 1.64 bits per heavy atom. The maximum atomic E-state index is 5.37. The van der Waals surface area contributed by atoms with Crippen LogP contribution in [0.25, 0.3) is 0 Å². The van der Waals surface area contributed by atoms with Crippen molar-refractivity contribution in [2.24, 2.45) is 11.8 Å². The van der Waals surface area contributed by atoms with E-state index in [1.807, 2.05) is 0 Å². The lowest BCUT2D eigenvalue weighted by Crippen LogP contribution is -2.34. The molecule has 81 valence electrons. The molecule has 0 amide bonds. The minimum Gasteiger partial charge on any atom is -0.277 e. The van der Waals surface area contributed by atoms with Gasteiger partial charge in [0, 0.05) is 5.59 Å². The SMILES string of the molecule is CC1CC1(C)ON[N]O[C@]1(C)C[C@@H]1C. The molecule has 2 unspecified atom stereocenters. The number of rotatable bonds is 5. The van der Waals surface area contributed by atoms with Gasteiger partial charge in [-0.25, -0.2) is 0 Å². The monoisotopic (exact) mass is 199 g/mol. The van der Waals surface area contributed by atoms with Crippen LogP contribution in [0.1, 0.15) is 40.5 Å². The lowest BCUT2D eigenvalue weighted by molar-refractivity contribution is -0.177. The van der Waals surface area contributed by atoms with Crippen LogP contribution < -0.4 is 11.2 Å². The Bertz CT molecular complexity index is 212. The molecule has 0 heterocycles. The van der Waals surface area contributed by atoms with E-state index < -0.39 is 0 Å². The molecule has 0 spiro atoms. The molecule has 0 aromatic heterocycles. The van der Waals surface area contributed by atoms with Gasteiger partial charge in [0.2, 0.25) is 0 Å². The summed E-state index contributed by atoms with van der Waals surface area (Å²) in [5.41, 5.74) is 6.18. The van der Waals surface area contributed by atoms with Gasteiger partial charge in [-0.3, -0.25) is 9.68 Å². The van der Waals surface area contributed by atoms with Gasteiger partial charge in [0.1, 0.15) is 0 Å². The Labute approximate surface area is 85.2 Å². The van der Waals surface area contributed by atoms with Gasteiger partial charge in [-0.1, -0.05) is 19.4 Å². The first-order valence-corrected chi connectivity index (χ1v) is 5.27. The average molecular weight is 199 g/mol. The molecule has 2 fully saturated rings. The van der Waals surface area contributed by atoms with Crippen LogP contribution >= 0.6 is 0 Å². The molecule has 2 rings (SSSR count). The molecule has 4 heteroatoms. The zero-order valence-electron chi connectivity index (χ0n) is 9.33. The Balaban J connectivity index is 1.56. The molecular weight excluding hydrogens is 180 g/mol. The first-order chi connectivity index (χ1) is 6.46. The van der Waals surface area contributed by atoms with Gasteiger partial charge in [0.25, 0.3) is 0 Å². The zero-order valence-corrected chi connectivity index (χ0v) is 9.33. The second-order valence-electron chi connectivity index (χ2n) is 5.21. The Kier molecular flexibility index (Phi) is 2.34. The summed E-state index contributed by atoms with van der Waals surface area (Å²) in [5.74, 6) is 1.21. The molecule has 1 N–H and O–H groups in total. The van der Waals surface area contributed by atoms with E-state index in [0.717, 1.165) is 12.8 Å². The van der Waals surface area contributed by atoms with Crippen molar-refractivity contribution in [3.8, 4) is 0 Å². The van der Waals surface area contributed by atoms with Gasteiger partial charge in [-0.05, 0) is 38.5 Å². The molecule has 4 nitrogen and oxygen atoms in total. The van der Waals surface area contributed by atoms with Crippen LogP contribution in [-0.4, -0.2) is 11.2 Å². The molecule has 0 aromatic carbocycles. The van der Waals surface area contributed by atoms with E-state index in [0.29, 0.717) is 11.8 Å². The quantitative estimate of drug-likeness (QED) is 0.540. The molecule has 1 radical (unpaired) electrons. The standard InChI is InChI=1S/C10H19N2O2/c1-7-5-9(7,3)13-11-12-14-10(4)6-8(10)2/h7-8,11H,5-6H2,1-4H3/t7?,8-,9?,10+/m0/s1. The number of hydrogen-bond donors (Lipinski definition) is 1. The third-order valence-electron chi connectivity index (χ3n) is 3.76. The van der Waals surface area contributed by atoms with Crippen LogP contribution in [0.15, 0.2) is 0 Å². The van der Waals surface area contributed by atoms with E-state index >= 15 is 0 Å². The van der Waals surface area contributed by atoms with Crippen LogP contribution in [0.3, 0.4) is 0 Å². The fourth-order valence-corrected chi connectivity index (χ4v) is 1.61. The van der Waals surface area contributed by atoms with Crippen molar-refractivity contribution in [3.05, 3.63) is 0 Å². The van der Waals surface area contributed by atoms with Crippen molar-refractivity contribution in [1.82, 2.24) is 11.2 Å². The molecule has 0 saturated heterocycles. The summed E-state index contributed by atoms with van der Waals surface area (Å²) in [6.07, 6.45) is 2.16.